The van der Waals surface area contributed by atoms with Gasteiger partial charge in [-0.15, -0.1) is 0 Å². The van der Waals surface area contributed by atoms with Crippen molar-refractivity contribution in [2.45, 2.75) is 0 Å². The van der Waals surface area contributed by atoms with Crippen molar-refractivity contribution in [3.05, 3.63) is 52.2 Å². The van der Waals surface area contributed by atoms with E-state index in [0.717, 1.165) is 0 Å². The van der Waals surface area contributed by atoms with Crippen LogP contribution in [0.25, 0.3) is 0 Å². The third kappa shape index (κ3) is 2.64. The fourth-order valence-electron chi connectivity index (χ4n) is 1.52. The Morgan fingerprint density at radius 3 is 2.85 bits per heavy atom. The summed E-state index contributed by atoms with van der Waals surface area (Å²) in [4.78, 5) is 14.3. The summed E-state index contributed by atoms with van der Waals surface area (Å²) in [6, 6.07) is 9.08. The molecule has 0 atom stereocenters. The van der Waals surface area contributed by atoms with E-state index in [4.69, 9.17) is 14.7 Å². The van der Waals surface area contributed by atoms with Crippen LogP contribution < -0.4 is 9.47 Å². The first-order valence-electron chi connectivity index (χ1n) is 5.51. The number of methoxy groups -OCH3 is 1. The van der Waals surface area contributed by atoms with Gasteiger partial charge in [0.1, 0.15) is 17.4 Å². The first kappa shape index (κ1) is 13.3. The number of benzene rings is 1. The molecule has 7 heteroatoms. The van der Waals surface area contributed by atoms with Gasteiger partial charge in [0.25, 0.3) is 0 Å². The van der Waals surface area contributed by atoms with Crippen molar-refractivity contribution in [3.63, 3.8) is 0 Å². The van der Waals surface area contributed by atoms with Gasteiger partial charge in [-0.25, -0.2) is 4.98 Å². The summed E-state index contributed by atoms with van der Waals surface area (Å²) >= 11 is 0. The van der Waals surface area contributed by atoms with Crippen LogP contribution >= 0.6 is 0 Å². The fourth-order valence-corrected chi connectivity index (χ4v) is 1.52. The van der Waals surface area contributed by atoms with Gasteiger partial charge in [-0.05, 0) is 18.2 Å². The van der Waals surface area contributed by atoms with Crippen molar-refractivity contribution in [2.24, 2.45) is 0 Å². The second-order valence-electron chi connectivity index (χ2n) is 3.66. The third-order valence-electron chi connectivity index (χ3n) is 2.46. The summed E-state index contributed by atoms with van der Waals surface area (Å²) in [5, 5.41) is 19.9. The number of aromatic nitrogens is 1. The Hall–Kier alpha value is -3.14. The van der Waals surface area contributed by atoms with E-state index in [0.29, 0.717) is 5.75 Å². The number of ether oxygens (including phenoxy) is 2. The molecule has 0 bridgehead atoms. The van der Waals surface area contributed by atoms with Gasteiger partial charge in [-0.3, -0.25) is 10.1 Å². The first-order valence-corrected chi connectivity index (χ1v) is 5.51. The number of hydrogen-bond acceptors (Lipinski definition) is 6. The molecule has 0 unspecified atom stereocenters. The molecule has 100 valence electrons. The highest BCUT2D eigenvalue weighted by Crippen LogP contribution is 2.34. The Balaban J connectivity index is 2.46. The highest BCUT2D eigenvalue weighted by Gasteiger charge is 2.18. The lowest BCUT2D eigenvalue weighted by Gasteiger charge is -2.08. The molecule has 0 aliphatic carbocycles. The smallest absolute Gasteiger partial charge is 0.311 e. The lowest BCUT2D eigenvalue weighted by molar-refractivity contribution is -0.385. The SMILES string of the molecule is COc1ccc([N+](=O)[O-])c(Oc2ncccc2C#N)c1. The van der Waals surface area contributed by atoms with Crippen LogP contribution in [0.15, 0.2) is 36.5 Å². The molecule has 0 fully saturated rings. The maximum atomic E-state index is 11.0. The zero-order valence-electron chi connectivity index (χ0n) is 10.4. The van der Waals surface area contributed by atoms with E-state index in [1.807, 2.05) is 6.07 Å². The molecule has 0 amide bonds. The molecule has 0 N–H and O–H groups in total. The van der Waals surface area contributed by atoms with Crippen LogP contribution in [0.3, 0.4) is 0 Å². The number of rotatable bonds is 4. The maximum absolute atomic E-state index is 11.0. The fraction of sp³-hybridized carbons (Fsp3) is 0.0769. The van der Waals surface area contributed by atoms with Crippen LogP contribution in [0.4, 0.5) is 5.69 Å². The number of nitro benzene ring substituents is 1. The van der Waals surface area contributed by atoms with Crippen LogP contribution in [-0.2, 0) is 0 Å². The predicted molar refractivity (Wildman–Crippen MR) is 68.7 cm³/mol. The molecule has 0 spiro atoms. The van der Waals surface area contributed by atoms with Gasteiger partial charge < -0.3 is 9.47 Å². The molecule has 20 heavy (non-hydrogen) atoms. The van der Waals surface area contributed by atoms with E-state index in [9.17, 15) is 10.1 Å². The van der Waals surface area contributed by atoms with Crippen molar-refractivity contribution in [3.8, 4) is 23.4 Å². The van der Waals surface area contributed by atoms with Crippen LogP contribution in [0.5, 0.6) is 17.4 Å². The standard InChI is InChI=1S/C13H9N3O4/c1-19-10-4-5-11(16(17)18)12(7-10)20-13-9(8-14)3-2-6-15-13/h2-7H,1H3. The minimum atomic E-state index is -0.580. The lowest BCUT2D eigenvalue weighted by Crippen LogP contribution is -1.97. The van der Waals surface area contributed by atoms with Crippen LogP contribution in [0.2, 0.25) is 0 Å². The molecule has 0 saturated heterocycles. The van der Waals surface area contributed by atoms with Gasteiger partial charge in [0.2, 0.25) is 11.6 Å². The van der Waals surface area contributed by atoms with E-state index < -0.39 is 4.92 Å². The number of nitriles is 1. The minimum Gasteiger partial charge on any atom is -0.497 e. The maximum Gasteiger partial charge on any atom is 0.311 e. The predicted octanol–water partition coefficient (Wildman–Crippen LogP) is 2.66. The number of pyridine rings is 1. The number of nitrogens with zero attached hydrogens (tertiary/aromatic N) is 3. The van der Waals surface area contributed by atoms with Gasteiger partial charge in [0, 0.05) is 18.3 Å². The molecule has 0 radical (unpaired) electrons. The molecule has 2 rings (SSSR count). The Morgan fingerprint density at radius 1 is 1.40 bits per heavy atom. The average Bonchev–Trinajstić information content (AvgIpc) is 2.47. The highest BCUT2D eigenvalue weighted by molar-refractivity contribution is 5.53. The highest BCUT2D eigenvalue weighted by atomic mass is 16.6. The van der Waals surface area contributed by atoms with Crippen LogP contribution in [0.1, 0.15) is 5.56 Å². The topological polar surface area (TPSA) is 98.3 Å². The van der Waals surface area contributed by atoms with E-state index >= 15 is 0 Å². The molecule has 0 aliphatic rings. The summed E-state index contributed by atoms with van der Waals surface area (Å²) < 4.78 is 10.4. The van der Waals surface area contributed by atoms with Crippen molar-refractivity contribution in [1.82, 2.24) is 4.98 Å². The normalized spacial score (nSPS) is 9.60. The lowest BCUT2D eigenvalue weighted by atomic mass is 10.2. The van der Waals surface area contributed by atoms with Gasteiger partial charge in [0.15, 0.2) is 0 Å². The molecule has 1 aromatic carbocycles. The van der Waals surface area contributed by atoms with Crippen molar-refractivity contribution >= 4 is 5.69 Å². The van der Waals surface area contributed by atoms with Crippen molar-refractivity contribution in [2.75, 3.05) is 7.11 Å². The summed E-state index contributed by atoms with van der Waals surface area (Å²) in [5.41, 5.74) is -0.0510. The average molecular weight is 271 g/mol. The quantitative estimate of drug-likeness (QED) is 0.626. The van der Waals surface area contributed by atoms with E-state index in [-0.39, 0.29) is 22.9 Å². The Bertz CT molecular complexity index is 694. The summed E-state index contributed by atoms with van der Waals surface area (Å²) in [7, 11) is 1.44. The molecule has 1 aromatic heterocycles. The Kier molecular flexibility index (Phi) is 3.77. The van der Waals surface area contributed by atoms with Gasteiger partial charge in [-0.2, -0.15) is 5.26 Å². The zero-order chi connectivity index (χ0) is 14.5. The molecular weight excluding hydrogens is 262 g/mol. The molecular formula is C13H9N3O4. The molecule has 1 heterocycles. The third-order valence-corrected chi connectivity index (χ3v) is 2.46. The number of nitro groups is 1. The van der Waals surface area contributed by atoms with Gasteiger partial charge >= 0.3 is 5.69 Å². The second-order valence-corrected chi connectivity index (χ2v) is 3.66. The Labute approximate surface area is 114 Å². The monoisotopic (exact) mass is 271 g/mol. The van der Waals surface area contributed by atoms with Gasteiger partial charge in [-0.1, -0.05) is 0 Å². The summed E-state index contributed by atoms with van der Waals surface area (Å²) in [6.07, 6.45) is 1.43. The van der Waals surface area contributed by atoms with Crippen LogP contribution in [0, 0.1) is 21.4 Å². The summed E-state index contributed by atoms with van der Waals surface area (Å²) in [6.45, 7) is 0. The molecule has 0 aliphatic heterocycles. The van der Waals surface area contributed by atoms with Crippen molar-refractivity contribution < 1.29 is 14.4 Å². The van der Waals surface area contributed by atoms with Gasteiger partial charge in [0.05, 0.1) is 12.0 Å². The number of hydrogen-bond donors (Lipinski definition) is 0. The second kappa shape index (κ2) is 5.67. The zero-order valence-corrected chi connectivity index (χ0v) is 10.4. The van der Waals surface area contributed by atoms with E-state index in [2.05, 4.69) is 4.98 Å². The summed E-state index contributed by atoms with van der Waals surface area (Å²) in [5.74, 6) is 0.371. The molecule has 7 nitrogen and oxygen atoms in total. The molecule has 0 saturated carbocycles. The van der Waals surface area contributed by atoms with Crippen molar-refractivity contribution in [1.29, 1.82) is 5.26 Å². The largest absolute Gasteiger partial charge is 0.497 e. The Morgan fingerprint density at radius 2 is 2.20 bits per heavy atom. The van der Waals surface area contributed by atoms with E-state index in [1.165, 1.54) is 37.6 Å². The molecule has 2 aromatic rings. The first-order chi connectivity index (χ1) is 9.65. The van der Waals surface area contributed by atoms with E-state index in [1.54, 1.807) is 6.07 Å². The van der Waals surface area contributed by atoms with Crippen LogP contribution in [-0.4, -0.2) is 17.0 Å². The minimum absolute atomic E-state index is 0.00588.